The standard InChI is InChI=1S/C26H28ClN5O2S/c1-14-6-16(27)7-18(21(14)12-31-5-4-30(3)10-15(31)2)23-24-22(28-13-29-23)8-17(35-24)11-32-25(33)19-9-20(19)26(32)34/h6-8,13,15,19-20H,4-5,9-12H2,1-3H3. The predicted octanol–water partition coefficient (Wildman–Crippen LogP) is 3.96. The van der Waals surface area contributed by atoms with Crippen molar-refractivity contribution in [1.82, 2.24) is 24.7 Å². The van der Waals surface area contributed by atoms with Gasteiger partial charge in [-0.15, -0.1) is 11.3 Å². The molecule has 3 aromatic rings. The van der Waals surface area contributed by atoms with Crippen molar-refractivity contribution in [3.8, 4) is 11.3 Å². The van der Waals surface area contributed by atoms with E-state index in [2.05, 4.69) is 35.7 Å². The number of rotatable bonds is 5. The Bertz CT molecular complexity index is 1340. The molecule has 2 aromatic heterocycles. The molecule has 0 bridgehead atoms. The summed E-state index contributed by atoms with van der Waals surface area (Å²) in [5, 5.41) is 0.684. The fraction of sp³-hybridized carbons (Fsp3) is 0.462. The van der Waals surface area contributed by atoms with Gasteiger partial charge in [-0.3, -0.25) is 19.4 Å². The maximum Gasteiger partial charge on any atom is 0.233 e. The summed E-state index contributed by atoms with van der Waals surface area (Å²) in [6, 6.07) is 6.47. The van der Waals surface area contributed by atoms with Crippen molar-refractivity contribution in [2.45, 2.75) is 39.4 Å². The van der Waals surface area contributed by atoms with Crippen LogP contribution in [0.3, 0.4) is 0 Å². The number of halogens is 1. The summed E-state index contributed by atoms with van der Waals surface area (Å²) in [6.45, 7) is 8.64. The van der Waals surface area contributed by atoms with Crippen LogP contribution in [0.25, 0.3) is 21.5 Å². The van der Waals surface area contributed by atoms with Crippen LogP contribution in [0.2, 0.25) is 5.02 Å². The third kappa shape index (κ3) is 4.06. The van der Waals surface area contributed by atoms with Gasteiger partial charge >= 0.3 is 0 Å². The number of benzene rings is 1. The van der Waals surface area contributed by atoms with Gasteiger partial charge in [0.15, 0.2) is 0 Å². The van der Waals surface area contributed by atoms with Gasteiger partial charge in [0, 0.05) is 47.7 Å². The SMILES string of the molecule is Cc1cc(Cl)cc(-c2ncnc3cc(CN4C(=O)C5CC5C4=O)sc23)c1CN1CCN(C)CC1C. The molecule has 3 atom stereocenters. The molecule has 7 nitrogen and oxygen atoms in total. The lowest BCUT2D eigenvalue weighted by molar-refractivity contribution is -0.141. The normalized spacial score (nSPS) is 25.0. The van der Waals surface area contributed by atoms with Crippen LogP contribution in [0.5, 0.6) is 0 Å². The van der Waals surface area contributed by atoms with E-state index >= 15 is 0 Å². The first-order valence-electron chi connectivity index (χ1n) is 12.1. The molecule has 3 unspecified atom stereocenters. The first-order valence-corrected chi connectivity index (χ1v) is 13.3. The van der Waals surface area contributed by atoms with Gasteiger partial charge in [-0.2, -0.15) is 0 Å². The second kappa shape index (κ2) is 8.62. The van der Waals surface area contributed by atoms with Crippen molar-refractivity contribution in [3.05, 3.63) is 45.6 Å². The second-order valence-corrected chi connectivity index (χ2v) is 11.8. The molecule has 0 radical (unpaired) electrons. The molecule has 1 saturated carbocycles. The lowest BCUT2D eigenvalue weighted by atomic mass is 9.97. The Morgan fingerprint density at radius 2 is 1.86 bits per heavy atom. The van der Waals surface area contributed by atoms with Crippen LogP contribution in [0, 0.1) is 18.8 Å². The van der Waals surface area contributed by atoms with Crippen molar-refractivity contribution in [2.24, 2.45) is 11.8 Å². The number of imide groups is 1. The molecule has 1 aromatic carbocycles. The molecule has 2 saturated heterocycles. The molecule has 0 N–H and O–H groups in total. The van der Waals surface area contributed by atoms with Crippen molar-refractivity contribution < 1.29 is 9.59 Å². The monoisotopic (exact) mass is 509 g/mol. The van der Waals surface area contributed by atoms with Crippen LogP contribution in [0.1, 0.15) is 29.3 Å². The highest BCUT2D eigenvalue weighted by Crippen LogP contribution is 2.48. The quantitative estimate of drug-likeness (QED) is 0.485. The van der Waals surface area contributed by atoms with Crippen LogP contribution < -0.4 is 0 Å². The maximum atomic E-state index is 12.5. The van der Waals surface area contributed by atoms with Crippen LogP contribution in [-0.4, -0.2) is 69.2 Å². The highest BCUT2D eigenvalue weighted by Gasteiger charge is 2.58. The van der Waals surface area contributed by atoms with E-state index in [0.29, 0.717) is 17.6 Å². The van der Waals surface area contributed by atoms with E-state index in [1.54, 1.807) is 17.7 Å². The number of amides is 2. The number of hydrogen-bond acceptors (Lipinski definition) is 7. The van der Waals surface area contributed by atoms with E-state index in [-0.39, 0.29) is 23.7 Å². The number of carbonyl (C=O) groups excluding carboxylic acids is 2. The van der Waals surface area contributed by atoms with Gasteiger partial charge in [-0.05, 0) is 56.6 Å². The third-order valence-corrected chi connectivity index (χ3v) is 8.99. The number of piperazine rings is 1. The average Bonchev–Trinajstić information content (AvgIpc) is 3.45. The number of hydrogen-bond donors (Lipinski definition) is 0. The van der Waals surface area contributed by atoms with Gasteiger partial charge in [0.1, 0.15) is 6.33 Å². The van der Waals surface area contributed by atoms with Crippen molar-refractivity contribution >= 4 is 45.0 Å². The van der Waals surface area contributed by atoms with Gasteiger partial charge in [0.05, 0.1) is 34.3 Å². The van der Waals surface area contributed by atoms with Crippen LogP contribution in [0.15, 0.2) is 24.5 Å². The Kier molecular flexibility index (Phi) is 5.67. The summed E-state index contributed by atoms with van der Waals surface area (Å²) in [6.07, 6.45) is 2.31. The topological polar surface area (TPSA) is 69.6 Å². The molecule has 3 aliphatic rings. The molecule has 2 amide bonds. The molecule has 35 heavy (non-hydrogen) atoms. The summed E-state index contributed by atoms with van der Waals surface area (Å²) in [5.74, 6) is -0.224. The number of aromatic nitrogens is 2. The smallest absolute Gasteiger partial charge is 0.233 e. The molecule has 0 spiro atoms. The fourth-order valence-electron chi connectivity index (χ4n) is 5.54. The molecular formula is C26H28ClN5O2S. The Balaban J connectivity index is 1.37. The summed E-state index contributed by atoms with van der Waals surface area (Å²) in [5.41, 5.74) is 5.09. The van der Waals surface area contributed by atoms with E-state index in [4.69, 9.17) is 16.6 Å². The largest absolute Gasteiger partial charge is 0.304 e. The Morgan fingerprint density at radius 3 is 2.60 bits per heavy atom. The Morgan fingerprint density at radius 1 is 1.09 bits per heavy atom. The zero-order chi connectivity index (χ0) is 24.4. The van der Waals surface area contributed by atoms with Crippen molar-refractivity contribution in [1.29, 1.82) is 0 Å². The van der Waals surface area contributed by atoms with Gasteiger partial charge in [0.25, 0.3) is 0 Å². The molecule has 9 heteroatoms. The highest BCUT2D eigenvalue weighted by molar-refractivity contribution is 7.19. The maximum absolute atomic E-state index is 12.5. The Hall–Kier alpha value is -2.39. The number of piperidine rings is 1. The molecule has 2 aliphatic heterocycles. The first kappa shape index (κ1) is 23.0. The number of likely N-dealkylation sites (tertiary alicyclic amines) is 1. The van der Waals surface area contributed by atoms with Gasteiger partial charge in [0.2, 0.25) is 11.8 Å². The van der Waals surface area contributed by atoms with Crippen LogP contribution in [-0.2, 0) is 22.7 Å². The third-order valence-electron chi connectivity index (χ3n) is 7.66. The molecule has 1 aliphatic carbocycles. The predicted molar refractivity (Wildman–Crippen MR) is 137 cm³/mol. The summed E-state index contributed by atoms with van der Waals surface area (Å²) < 4.78 is 0.959. The molecule has 182 valence electrons. The van der Waals surface area contributed by atoms with E-state index in [1.165, 1.54) is 10.5 Å². The number of thiophene rings is 1. The minimum Gasteiger partial charge on any atom is -0.304 e. The number of carbonyl (C=O) groups is 2. The van der Waals surface area contributed by atoms with Crippen molar-refractivity contribution in [2.75, 3.05) is 26.7 Å². The highest BCUT2D eigenvalue weighted by atomic mass is 35.5. The van der Waals surface area contributed by atoms with E-state index in [9.17, 15) is 9.59 Å². The molecule has 6 rings (SSSR count). The number of nitrogens with zero attached hydrogens (tertiary/aromatic N) is 5. The lowest BCUT2D eigenvalue weighted by Gasteiger charge is -2.38. The Labute approximate surface area is 213 Å². The number of likely N-dealkylation sites (N-methyl/N-ethyl adjacent to an activating group) is 1. The summed E-state index contributed by atoms with van der Waals surface area (Å²) in [4.78, 5) is 41.4. The summed E-state index contributed by atoms with van der Waals surface area (Å²) in [7, 11) is 2.17. The first-order chi connectivity index (χ1) is 16.8. The van der Waals surface area contributed by atoms with Gasteiger partial charge < -0.3 is 4.90 Å². The fourth-order valence-corrected chi connectivity index (χ4v) is 6.92. The minimum atomic E-state index is -0.0822. The van der Waals surface area contributed by atoms with Crippen LogP contribution in [0.4, 0.5) is 0 Å². The number of fused-ring (bicyclic) bond motifs is 2. The lowest BCUT2D eigenvalue weighted by Crippen LogP contribution is -2.49. The molecule has 3 fully saturated rings. The molecule has 4 heterocycles. The average molecular weight is 510 g/mol. The number of aryl methyl sites for hydroxylation is 1. The van der Waals surface area contributed by atoms with Gasteiger partial charge in [-0.1, -0.05) is 11.6 Å². The zero-order valence-electron chi connectivity index (χ0n) is 20.1. The van der Waals surface area contributed by atoms with Gasteiger partial charge in [-0.25, -0.2) is 9.97 Å². The van der Waals surface area contributed by atoms with E-state index < -0.39 is 0 Å². The summed E-state index contributed by atoms with van der Waals surface area (Å²) >= 11 is 8.10. The van der Waals surface area contributed by atoms with E-state index in [0.717, 1.165) is 64.5 Å². The molecular weight excluding hydrogens is 482 g/mol. The van der Waals surface area contributed by atoms with E-state index in [1.807, 2.05) is 18.2 Å². The van der Waals surface area contributed by atoms with Crippen LogP contribution >= 0.6 is 22.9 Å². The zero-order valence-corrected chi connectivity index (χ0v) is 21.7. The minimum absolute atomic E-state index is 0.0298. The second-order valence-electron chi connectivity index (χ2n) is 10.2. The van der Waals surface area contributed by atoms with Crippen molar-refractivity contribution in [3.63, 3.8) is 0 Å².